The van der Waals surface area contributed by atoms with Crippen LogP contribution in [-0.2, 0) is 17.8 Å². The lowest BCUT2D eigenvalue weighted by Crippen LogP contribution is -2.20. The zero-order valence-electron chi connectivity index (χ0n) is 15.6. The van der Waals surface area contributed by atoms with E-state index in [0.29, 0.717) is 11.6 Å². The maximum Gasteiger partial charge on any atom is 0.249 e. The third-order valence-corrected chi connectivity index (χ3v) is 4.45. The number of fused-ring (bicyclic) bond motifs is 1. The summed E-state index contributed by atoms with van der Waals surface area (Å²) in [6.07, 6.45) is 0.737. The van der Waals surface area contributed by atoms with Gasteiger partial charge in [-0.2, -0.15) is 4.98 Å². The van der Waals surface area contributed by atoms with Crippen LogP contribution < -0.4 is 10.1 Å². The first-order chi connectivity index (χ1) is 13.7. The van der Waals surface area contributed by atoms with Gasteiger partial charge in [0.15, 0.2) is 5.82 Å². The number of hydrogen-bond donors (Lipinski definition) is 2. The molecule has 4 aromatic rings. The fraction of sp³-hybridized carbons (Fsp3) is 0.200. The molecule has 0 saturated heterocycles. The maximum atomic E-state index is 12.6. The molecule has 142 valence electrons. The summed E-state index contributed by atoms with van der Waals surface area (Å²) in [6, 6.07) is 15.2. The molecule has 2 aromatic heterocycles. The zero-order chi connectivity index (χ0) is 19.5. The minimum Gasteiger partial charge on any atom is -0.496 e. The van der Waals surface area contributed by atoms with Crippen LogP contribution >= 0.6 is 0 Å². The Morgan fingerprint density at radius 2 is 1.93 bits per heavy atom. The highest BCUT2D eigenvalue weighted by atomic mass is 16.5. The number of H-pyrrole nitrogens is 1. The van der Waals surface area contributed by atoms with Gasteiger partial charge < -0.3 is 9.30 Å². The molecule has 2 N–H and O–H groups in total. The molecule has 2 heterocycles. The number of aromatic amines is 1. The molecule has 0 fully saturated rings. The SMILES string of the molecule is CCc1nc2ccccc2n1CC(=O)Nc1n[nH]c(-c2ccccc2OC)n1. The third-order valence-electron chi connectivity index (χ3n) is 4.45. The molecule has 0 radical (unpaired) electrons. The van der Waals surface area contributed by atoms with Gasteiger partial charge in [0.2, 0.25) is 11.9 Å². The van der Waals surface area contributed by atoms with Crippen LogP contribution in [0.5, 0.6) is 5.75 Å². The van der Waals surface area contributed by atoms with Crippen molar-refractivity contribution in [3.63, 3.8) is 0 Å². The second kappa shape index (κ2) is 7.51. The normalized spacial score (nSPS) is 10.9. The van der Waals surface area contributed by atoms with E-state index in [1.807, 2.05) is 60.0 Å². The smallest absolute Gasteiger partial charge is 0.249 e. The van der Waals surface area contributed by atoms with E-state index in [0.717, 1.165) is 28.8 Å². The van der Waals surface area contributed by atoms with Crippen molar-refractivity contribution in [2.75, 3.05) is 12.4 Å². The standard InChI is InChI=1S/C20H20N6O2/c1-3-17-21-14-9-5-6-10-15(14)26(17)12-18(27)22-20-23-19(24-25-20)13-8-4-7-11-16(13)28-2/h4-11H,3,12H2,1-2H3,(H2,22,23,24,25,27). The third kappa shape index (κ3) is 3.32. The van der Waals surface area contributed by atoms with E-state index in [4.69, 9.17) is 4.74 Å². The van der Waals surface area contributed by atoms with E-state index in [2.05, 4.69) is 25.5 Å². The number of carbonyl (C=O) groups is 1. The number of rotatable bonds is 6. The molecule has 0 bridgehead atoms. The summed E-state index contributed by atoms with van der Waals surface area (Å²) in [5.74, 6) is 2.06. The predicted molar refractivity (Wildman–Crippen MR) is 106 cm³/mol. The molecule has 0 atom stereocenters. The second-order valence-electron chi connectivity index (χ2n) is 6.21. The Hall–Kier alpha value is -3.68. The molecular formula is C20H20N6O2. The molecule has 1 amide bonds. The van der Waals surface area contributed by atoms with Gasteiger partial charge in [-0.25, -0.2) is 4.98 Å². The van der Waals surface area contributed by atoms with Gasteiger partial charge in [-0.05, 0) is 24.3 Å². The van der Waals surface area contributed by atoms with Crippen molar-refractivity contribution < 1.29 is 9.53 Å². The summed E-state index contributed by atoms with van der Waals surface area (Å²) in [7, 11) is 1.60. The number of benzene rings is 2. The van der Waals surface area contributed by atoms with Crippen molar-refractivity contribution in [2.24, 2.45) is 0 Å². The molecule has 0 spiro atoms. The molecular weight excluding hydrogens is 356 g/mol. The zero-order valence-corrected chi connectivity index (χ0v) is 15.6. The van der Waals surface area contributed by atoms with E-state index >= 15 is 0 Å². The highest BCUT2D eigenvalue weighted by Gasteiger charge is 2.15. The number of carbonyl (C=O) groups excluding carboxylic acids is 1. The number of nitrogens with one attached hydrogen (secondary N) is 2. The fourth-order valence-electron chi connectivity index (χ4n) is 3.16. The Labute approximate surface area is 161 Å². The van der Waals surface area contributed by atoms with Crippen LogP contribution in [0.2, 0.25) is 0 Å². The summed E-state index contributed by atoms with van der Waals surface area (Å²) in [5.41, 5.74) is 2.58. The topological polar surface area (TPSA) is 97.7 Å². The summed E-state index contributed by atoms with van der Waals surface area (Å²) in [5, 5.41) is 9.67. The van der Waals surface area contributed by atoms with Gasteiger partial charge >= 0.3 is 0 Å². The van der Waals surface area contributed by atoms with Crippen molar-refractivity contribution >= 4 is 22.9 Å². The predicted octanol–water partition coefficient (Wildman–Crippen LogP) is 3.03. The van der Waals surface area contributed by atoms with E-state index < -0.39 is 0 Å². The highest BCUT2D eigenvalue weighted by Crippen LogP contribution is 2.27. The Morgan fingerprint density at radius 3 is 2.75 bits per heavy atom. The Morgan fingerprint density at radius 1 is 1.14 bits per heavy atom. The Kier molecular flexibility index (Phi) is 4.76. The van der Waals surface area contributed by atoms with E-state index in [9.17, 15) is 4.79 Å². The first kappa shape index (κ1) is 17.7. The lowest BCUT2D eigenvalue weighted by Gasteiger charge is -2.07. The van der Waals surface area contributed by atoms with Crippen LogP contribution in [0.15, 0.2) is 48.5 Å². The summed E-state index contributed by atoms with van der Waals surface area (Å²) in [6.45, 7) is 2.16. The first-order valence-electron chi connectivity index (χ1n) is 8.99. The molecule has 0 unspecified atom stereocenters. The van der Waals surface area contributed by atoms with Gasteiger partial charge in [0.1, 0.15) is 18.1 Å². The number of aryl methyl sites for hydroxylation is 1. The van der Waals surface area contributed by atoms with Crippen LogP contribution in [0.4, 0.5) is 5.95 Å². The molecule has 0 saturated carbocycles. The van der Waals surface area contributed by atoms with Gasteiger partial charge in [-0.3, -0.25) is 15.2 Å². The van der Waals surface area contributed by atoms with Gasteiger partial charge in [0.05, 0.1) is 23.7 Å². The monoisotopic (exact) mass is 376 g/mol. The summed E-state index contributed by atoms with van der Waals surface area (Å²) in [4.78, 5) is 21.5. The lowest BCUT2D eigenvalue weighted by molar-refractivity contribution is -0.116. The number of hydrogen-bond acceptors (Lipinski definition) is 5. The van der Waals surface area contributed by atoms with Gasteiger partial charge in [-0.1, -0.05) is 31.2 Å². The second-order valence-corrected chi connectivity index (χ2v) is 6.21. The summed E-state index contributed by atoms with van der Waals surface area (Å²) >= 11 is 0. The number of amides is 1. The Balaban J connectivity index is 1.53. The molecule has 2 aromatic carbocycles. The number of nitrogens with zero attached hydrogens (tertiary/aromatic N) is 4. The van der Waals surface area contributed by atoms with Gasteiger partial charge in [-0.15, -0.1) is 5.10 Å². The van der Waals surface area contributed by atoms with E-state index in [1.54, 1.807) is 7.11 Å². The number of methoxy groups -OCH3 is 1. The molecule has 4 rings (SSSR count). The average molecular weight is 376 g/mol. The molecule has 0 aliphatic heterocycles. The Bertz CT molecular complexity index is 1130. The van der Waals surface area contributed by atoms with Crippen LogP contribution in [-0.4, -0.2) is 37.7 Å². The van der Waals surface area contributed by atoms with E-state index in [1.165, 1.54) is 0 Å². The number of ether oxygens (including phenoxy) is 1. The number of anilines is 1. The molecule has 0 aliphatic rings. The number of imidazole rings is 1. The largest absolute Gasteiger partial charge is 0.496 e. The minimum absolute atomic E-state index is 0.141. The van der Waals surface area contributed by atoms with Crippen LogP contribution in [0, 0.1) is 0 Å². The lowest BCUT2D eigenvalue weighted by atomic mass is 10.2. The van der Waals surface area contributed by atoms with Crippen molar-refractivity contribution in [1.29, 1.82) is 0 Å². The van der Waals surface area contributed by atoms with Crippen LogP contribution in [0.1, 0.15) is 12.7 Å². The molecule has 8 nitrogen and oxygen atoms in total. The average Bonchev–Trinajstić information content (AvgIpc) is 3.32. The van der Waals surface area contributed by atoms with Gasteiger partial charge in [0.25, 0.3) is 0 Å². The van der Waals surface area contributed by atoms with Crippen LogP contribution in [0.3, 0.4) is 0 Å². The number of para-hydroxylation sites is 3. The van der Waals surface area contributed by atoms with Gasteiger partial charge in [0, 0.05) is 6.42 Å². The quantitative estimate of drug-likeness (QED) is 0.539. The van der Waals surface area contributed by atoms with Crippen molar-refractivity contribution in [3.05, 3.63) is 54.4 Å². The fourth-order valence-corrected chi connectivity index (χ4v) is 3.16. The molecule has 8 heteroatoms. The van der Waals surface area contributed by atoms with Crippen molar-refractivity contribution in [1.82, 2.24) is 24.7 Å². The first-order valence-corrected chi connectivity index (χ1v) is 8.99. The summed E-state index contributed by atoms with van der Waals surface area (Å²) < 4.78 is 7.26. The van der Waals surface area contributed by atoms with Crippen LogP contribution in [0.25, 0.3) is 22.4 Å². The minimum atomic E-state index is -0.219. The molecule has 0 aliphatic carbocycles. The van der Waals surface area contributed by atoms with Crippen molar-refractivity contribution in [2.45, 2.75) is 19.9 Å². The number of aromatic nitrogens is 5. The maximum absolute atomic E-state index is 12.6. The molecule has 28 heavy (non-hydrogen) atoms. The van der Waals surface area contributed by atoms with E-state index in [-0.39, 0.29) is 18.4 Å². The highest BCUT2D eigenvalue weighted by molar-refractivity contribution is 5.90. The van der Waals surface area contributed by atoms with Crippen molar-refractivity contribution in [3.8, 4) is 17.1 Å².